The van der Waals surface area contributed by atoms with Gasteiger partial charge in [-0.15, -0.1) is 0 Å². The predicted molar refractivity (Wildman–Crippen MR) is 48.5 cm³/mol. The zero-order valence-corrected chi connectivity index (χ0v) is 7.71. The molecule has 0 aromatic carbocycles. The number of hydrogen-bond acceptors (Lipinski definition) is 2. The van der Waals surface area contributed by atoms with E-state index in [1.165, 1.54) is 25.9 Å². The smallest absolute Gasteiger partial charge is 0.00815 e. The van der Waals surface area contributed by atoms with Crippen LogP contribution in [0.3, 0.4) is 0 Å². The van der Waals surface area contributed by atoms with Gasteiger partial charge in [-0.25, -0.2) is 0 Å². The predicted octanol–water partition coefficient (Wildman–Crippen LogP) is 1.21. The third kappa shape index (κ3) is 2.80. The Labute approximate surface area is 69.8 Å². The van der Waals surface area contributed by atoms with Crippen molar-refractivity contribution < 1.29 is 0 Å². The first-order valence-electron chi connectivity index (χ1n) is 4.70. The molecule has 1 saturated heterocycles. The molecule has 0 spiro atoms. The van der Waals surface area contributed by atoms with Crippen molar-refractivity contribution in [3.05, 3.63) is 0 Å². The van der Waals surface area contributed by atoms with E-state index in [1.54, 1.807) is 0 Å². The average molecular weight is 156 g/mol. The summed E-state index contributed by atoms with van der Waals surface area (Å²) in [6.45, 7) is 6.95. The molecule has 0 aromatic heterocycles. The van der Waals surface area contributed by atoms with Crippen LogP contribution in [0, 0.1) is 0 Å². The molecule has 2 unspecified atom stereocenters. The lowest BCUT2D eigenvalue weighted by atomic mass is 10.1. The highest BCUT2D eigenvalue weighted by Crippen LogP contribution is 2.14. The van der Waals surface area contributed by atoms with E-state index in [9.17, 15) is 0 Å². The van der Waals surface area contributed by atoms with Crippen LogP contribution in [0.15, 0.2) is 0 Å². The van der Waals surface area contributed by atoms with E-state index in [1.807, 2.05) is 0 Å². The molecule has 66 valence electrons. The Hall–Kier alpha value is -0.0800. The van der Waals surface area contributed by atoms with Crippen LogP contribution in [0.1, 0.15) is 33.1 Å². The third-order valence-electron chi connectivity index (χ3n) is 2.48. The van der Waals surface area contributed by atoms with Gasteiger partial charge in [0.05, 0.1) is 0 Å². The van der Waals surface area contributed by atoms with Crippen molar-refractivity contribution in [2.45, 2.75) is 45.2 Å². The Morgan fingerprint density at radius 2 is 1.82 bits per heavy atom. The van der Waals surface area contributed by atoms with Crippen LogP contribution in [0.5, 0.6) is 0 Å². The molecular weight excluding hydrogens is 136 g/mol. The summed E-state index contributed by atoms with van der Waals surface area (Å²) < 4.78 is 0. The van der Waals surface area contributed by atoms with E-state index in [0.717, 1.165) is 6.42 Å². The fourth-order valence-corrected chi connectivity index (χ4v) is 1.87. The van der Waals surface area contributed by atoms with Gasteiger partial charge in [-0.1, -0.05) is 0 Å². The standard InChI is InChI=1S/C9H20N2/c1-8(10)7-9(2)11-5-3-4-6-11/h8-9H,3-7,10H2,1-2H3. The maximum absolute atomic E-state index is 5.73. The van der Waals surface area contributed by atoms with E-state index in [-0.39, 0.29) is 0 Å². The summed E-state index contributed by atoms with van der Waals surface area (Å²) in [5, 5.41) is 0. The summed E-state index contributed by atoms with van der Waals surface area (Å²) >= 11 is 0. The summed E-state index contributed by atoms with van der Waals surface area (Å²) in [7, 11) is 0. The first-order valence-corrected chi connectivity index (χ1v) is 4.70. The molecule has 0 saturated carbocycles. The van der Waals surface area contributed by atoms with Crippen molar-refractivity contribution in [1.29, 1.82) is 0 Å². The number of likely N-dealkylation sites (tertiary alicyclic amines) is 1. The van der Waals surface area contributed by atoms with Crippen molar-refractivity contribution in [1.82, 2.24) is 4.90 Å². The number of hydrogen-bond donors (Lipinski definition) is 1. The minimum Gasteiger partial charge on any atom is -0.328 e. The molecule has 1 aliphatic rings. The van der Waals surface area contributed by atoms with E-state index < -0.39 is 0 Å². The monoisotopic (exact) mass is 156 g/mol. The van der Waals surface area contributed by atoms with Gasteiger partial charge in [0, 0.05) is 12.1 Å². The Morgan fingerprint density at radius 1 is 1.27 bits per heavy atom. The Balaban J connectivity index is 2.22. The van der Waals surface area contributed by atoms with Gasteiger partial charge in [-0.3, -0.25) is 0 Å². The van der Waals surface area contributed by atoms with E-state index in [2.05, 4.69) is 18.7 Å². The van der Waals surface area contributed by atoms with Crippen LogP contribution in [0.25, 0.3) is 0 Å². The lowest BCUT2D eigenvalue weighted by Crippen LogP contribution is -2.34. The molecule has 2 heteroatoms. The second-order valence-electron chi connectivity index (χ2n) is 3.81. The molecule has 2 N–H and O–H groups in total. The van der Waals surface area contributed by atoms with Gasteiger partial charge in [0.1, 0.15) is 0 Å². The van der Waals surface area contributed by atoms with Crippen molar-refractivity contribution in [3.63, 3.8) is 0 Å². The quantitative estimate of drug-likeness (QED) is 0.665. The first-order chi connectivity index (χ1) is 5.20. The highest BCUT2D eigenvalue weighted by atomic mass is 15.2. The van der Waals surface area contributed by atoms with Crippen molar-refractivity contribution in [2.75, 3.05) is 13.1 Å². The Kier molecular flexibility index (Phi) is 3.34. The molecule has 11 heavy (non-hydrogen) atoms. The molecule has 1 fully saturated rings. The number of nitrogens with zero attached hydrogens (tertiary/aromatic N) is 1. The van der Waals surface area contributed by atoms with Gasteiger partial charge < -0.3 is 10.6 Å². The largest absolute Gasteiger partial charge is 0.328 e. The molecule has 0 aromatic rings. The number of nitrogens with two attached hydrogens (primary N) is 1. The Bertz CT molecular complexity index is 106. The summed E-state index contributed by atoms with van der Waals surface area (Å²) in [4.78, 5) is 2.54. The van der Waals surface area contributed by atoms with E-state index in [0.29, 0.717) is 12.1 Å². The van der Waals surface area contributed by atoms with E-state index in [4.69, 9.17) is 5.73 Å². The van der Waals surface area contributed by atoms with Gasteiger partial charge in [-0.05, 0) is 46.2 Å². The number of rotatable bonds is 3. The lowest BCUT2D eigenvalue weighted by molar-refractivity contribution is 0.239. The van der Waals surface area contributed by atoms with Gasteiger partial charge in [0.25, 0.3) is 0 Å². The van der Waals surface area contributed by atoms with Crippen LogP contribution in [0.4, 0.5) is 0 Å². The van der Waals surface area contributed by atoms with Crippen LogP contribution in [-0.2, 0) is 0 Å². The van der Waals surface area contributed by atoms with Crippen molar-refractivity contribution in [2.24, 2.45) is 5.73 Å². The fraction of sp³-hybridized carbons (Fsp3) is 1.00. The summed E-state index contributed by atoms with van der Waals surface area (Å²) in [5.41, 5.74) is 5.73. The normalized spacial score (nSPS) is 25.4. The van der Waals surface area contributed by atoms with Gasteiger partial charge in [-0.2, -0.15) is 0 Å². The van der Waals surface area contributed by atoms with Crippen LogP contribution < -0.4 is 5.73 Å². The van der Waals surface area contributed by atoms with Crippen LogP contribution >= 0.6 is 0 Å². The second kappa shape index (κ2) is 4.07. The topological polar surface area (TPSA) is 29.3 Å². The van der Waals surface area contributed by atoms with Crippen molar-refractivity contribution in [3.8, 4) is 0 Å². The lowest BCUT2D eigenvalue weighted by Gasteiger charge is -2.24. The maximum Gasteiger partial charge on any atom is 0.00815 e. The molecule has 2 nitrogen and oxygen atoms in total. The third-order valence-corrected chi connectivity index (χ3v) is 2.48. The molecule has 0 amide bonds. The average Bonchev–Trinajstić information content (AvgIpc) is 2.35. The second-order valence-corrected chi connectivity index (χ2v) is 3.81. The van der Waals surface area contributed by atoms with Crippen LogP contribution in [-0.4, -0.2) is 30.1 Å². The van der Waals surface area contributed by atoms with Gasteiger partial charge in [0.15, 0.2) is 0 Å². The zero-order chi connectivity index (χ0) is 8.27. The molecule has 0 radical (unpaired) electrons. The molecule has 0 bridgehead atoms. The summed E-state index contributed by atoms with van der Waals surface area (Å²) in [6, 6.07) is 1.04. The summed E-state index contributed by atoms with van der Waals surface area (Å²) in [6.07, 6.45) is 3.90. The minimum absolute atomic E-state index is 0.352. The molecule has 2 atom stereocenters. The zero-order valence-electron chi connectivity index (χ0n) is 7.71. The molecule has 1 rings (SSSR count). The first kappa shape index (κ1) is 9.01. The highest BCUT2D eigenvalue weighted by Gasteiger charge is 2.18. The molecule has 1 heterocycles. The minimum atomic E-state index is 0.352. The van der Waals surface area contributed by atoms with E-state index >= 15 is 0 Å². The fourth-order valence-electron chi connectivity index (χ4n) is 1.87. The van der Waals surface area contributed by atoms with Crippen LogP contribution in [0.2, 0.25) is 0 Å². The summed E-state index contributed by atoms with van der Waals surface area (Å²) in [5.74, 6) is 0. The SMILES string of the molecule is CC(N)CC(C)N1CCCC1. The highest BCUT2D eigenvalue weighted by molar-refractivity contribution is 4.75. The molecule has 1 aliphatic heterocycles. The van der Waals surface area contributed by atoms with Gasteiger partial charge >= 0.3 is 0 Å². The maximum atomic E-state index is 5.73. The molecule has 0 aliphatic carbocycles. The van der Waals surface area contributed by atoms with Crippen molar-refractivity contribution >= 4 is 0 Å². The molecular formula is C9H20N2. The van der Waals surface area contributed by atoms with Gasteiger partial charge in [0.2, 0.25) is 0 Å². The Morgan fingerprint density at radius 3 is 2.27 bits per heavy atom.